The van der Waals surface area contributed by atoms with Gasteiger partial charge in [0.15, 0.2) is 11.0 Å². The van der Waals surface area contributed by atoms with E-state index in [2.05, 4.69) is 20.7 Å². The second-order valence-electron chi connectivity index (χ2n) is 4.01. The maximum atomic E-state index is 11.8. The maximum absolute atomic E-state index is 11.8. The molecule has 1 amide bonds. The summed E-state index contributed by atoms with van der Waals surface area (Å²) in [6.07, 6.45) is 0. The average molecular weight is 296 g/mol. The van der Waals surface area contributed by atoms with Crippen molar-refractivity contribution in [3.63, 3.8) is 0 Å². The lowest BCUT2D eigenvalue weighted by molar-refractivity contribution is -0.113. The minimum Gasteiger partial charge on any atom is -0.360 e. The first kappa shape index (κ1) is 14.5. The van der Waals surface area contributed by atoms with Gasteiger partial charge in [-0.1, -0.05) is 16.9 Å². The molecule has 0 aliphatic rings. The molecule has 0 fully saturated rings. The predicted octanol–water partition coefficient (Wildman–Crippen LogP) is 0.784. The van der Waals surface area contributed by atoms with Crippen LogP contribution >= 0.6 is 11.8 Å². The molecular weight excluding hydrogens is 280 g/mol. The Morgan fingerprint density at radius 3 is 2.95 bits per heavy atom. The van der Waals surface area contributed by atoms with Crippen LogP contribution in [0.5, 0.6) is 0 Å². The number of aryl methyl sites for hydroxylation is 1. The van der Waals surface area contributed by atoms with Crippen molar-refractivity contribution in [3.05, 3.63) is 17.7 Å². The lowest BCUT2D eigenvalue weighted by atomic mass is 10.5. The number of nitrogens with two attached hydrogens (primary N) is 1. The summed E-state index contributed by atoms with van der Waals surface area (Å²) < 4.78 is 6.76. The molecule has 20 heavy (non-hydrogen) atoms. The number of nitrogens with one attached hydrogen (secondary N) is 1. The molecule has 0 saturated heterocycles. The van der Waals surface area contributed by atoms with Crippen LogP contribution in [-0.2, 0) is 17.9 Å². The molecule has 0 aliphatic carbocycles. The van der Waals surface area contributed by atoms with Crippen molar-refractivity contribution in [1.29, 1.82) is 0 Å². The first-order chi connectivity index (χ1) is 9.63. The Balaban J connectivity index is 1.91. The SMILES string of the molecule is CCn1c(CN)nnc1SCC(=O)Nc1cc(C)on1. The topological polar surface area (TPSA) is 112 Å². The van der Waals surface area contributed by atoms with E-state index in [1.807, 2.05) is 11.5 Å². The number of thioether (sulfide) groups is 1. The molecule has 0 radical (unpaired) electrons. The Kier molecular flexibility index (Phi) is 4.74. The molecule has 3 N–H and O–H groups in total. The van der Waals surface area contributed by atoms with Gasteiger partial charge in [0.1, 0.15) is 11.6 Å². The molecular formula is C11H16N6O2S. The smallest absolute Gasteiger partial charge is 0.236 e. The minimum atomic E-state index is -0.178. The van der Waals surface area contributed by atoms with E-state index in [4.69, 9.17) is 10.3 Å². The van der Waals surface area contributed by atoms with Crippen LogP contribution in [0.15, 0.2) is 15.7 Å². The Labute approximate surface area is 120 Å². The Morgan fingerprint density at radius 1 is 1.55 bits per heavy atom. The summed E-state index contributed by atoms with van der Waals surface area (Å²) in [4.78, 5) is 11.8. The highest BCUT2D eigenvalue weighted by molar-refractivity contribution is 7.99. The summed E-state index contributed by atoms with van der Waals surface area (Å²) in [5.41, 5.74) is 5.57. The largest absolute Gasteiger partial charge is 0.360 e. The number of aromatic nitrogens is 4. The number of hydrogen-bond acceptors (Lipinski definition) is 7. The van der Waals surface area contributed by atoms with Crippen LogP contribution in [0, 0.1) is 6.92 Å². The van der Waals surface area contributed by atoms with Gasteiger partial charge in [0, 0.05) is 12.6 Å². The zero-order valence-electron chi connectivity index (χ0n) is 11.3. The van der Waals surface area contributed by atoms with E-state index in [9.17, 15) is 4.79 Å². The monoisotopic (exact) mass is 296 g/mol. The fourth-order valence-electron chi connectivity index (χ4n) is 1.63. The molecule has 2 heterocycles. The standard InChI is InChI=1S/C11H16N6O2S/c1-3-17-9(5-12)14-15-11(17)20-6-10(18)13-8-4-7(2)19-16-8/h4H,3,5-6,12H2,1-2H3,(H,13,16,18). The van der Waals surface area contributed by atoms with E-state index in [1.165, 1.54) is 11.8 Å². The van der Waals surface area contributed by atoms with Gasteiger partial charge < -0.3 is 20.1 Å². The van der Waals surface area contributed by atoms with Crippen LogP contribution in [0.1, 0.15) is 18.5 Å². The number of carbonyl (C=O) groups is 1. The van der Waals surface area contributed by atoms with E-state index in [0.717, 1.165) is 0 Å². The summed E-state index contributed by atoms with van der Waals surface area (Å²) in [7, 11) is 0. The van der Waals surface area contributed by atoms with Crippen molar-refractivity contribution < 1.29 is 9.32 Å². The van der Waals surface area contributed by atoms with Gasteiger partial charge in [0.25, 0.3) is 0 Å². The fraction of sp³-hybridized carbons (Fsp3) is 0.455. The number of amides is 1. The van der Waals surface area contributed by atoms with E-state index in [0.29, 0.717) is 35.6 Å². The molecule has 0 bridgehead atoms. The Morgan fingerprint density at radius 2 is 2.35 bits per heavy atom. The van der Waals surface area contributed by atoms with Gasteiger partial charge >= 0.3 is 0 Å². The summed E-state index contributed by atoms with van der Waals surface area (Å²) in [6.45, 7) is 4.78. The summed E-state index contributed by atoms with van der Waals surface area (Å²) in [6, 6.07) is 1.66. The molecule has 0 aromatic carbocycles. The summed E-state index contributed by atoms with van der Waals surface area (Å²) >= 11 is 1.31. The van der Waals surface area contributed by atoms with E-state index in [-0.39, 0.29) is 11.7 Å². The Bertz CT molecular complexity index is 594. The third kappa shape index (κ3) is 3.36. The molecule has 0 atom stereocenters. The highest BCUT2D eigenvalue weighted by atomic mass is 32.2. The van der Waals surface area contributed by atoms with Crippen LogP contribution in [0.4, 0.5) is 5.82 Å². The zero-order chi connectivity index (χ0) is 14.5. The zero-order valence-corrected chi connectivity index (χ0v) is 12.1. The number of nitrogens with zero attached hydrogens (tertiary/aromatic N) is 4. The van der Waals surface area contributed by atoms with Crippen molar-refractivity contribution in [1.82, 2.24) is 19.9 Å². The third-order valence-corrected chi connectivity index (χ3v) is 3.49. The van der Waals surface area contributed by atoms with E-state index < -0.39 is 0 Å². The minimum absolute atomic E-state index is 0.178. The molecule has 2 rings (SSSR count). The van der Waals surface area contributed by atoms with Crippen LogP contribution in [0.2, 0.25) is 0 Å². The molecule has 8 nitrogen and oxygen atoms in total. The fourth-order valence-corrected chi connectivity index (χ4v) is 2.45. The molecule has 2 aromatic heterocycles. The first-order valence-corrected chi connectivity index (χ1v) is 7.10. The number of hydrogen-bond donors (Lipinski definition) is 2. The van der Waals surface area contributed by atoms with Crippen molar-refractivity contribution in [3.8, 4) is 0 Å². The van der Waals surface area contributed by atoms with Crippen LogP contribution < -0.4 is 11.1 Å². The van der Waals surface area contributed by atoms with Gasteiger partial charge in [-0.25, -0.2) is 0 Å². The quantitative estimate of drug-likeness (QED) is 0.757. The van der Waals surface area contributed by atoms with Crippen molar-refractivity contribution in [2.24, 2.45) is 5.73 Å². The molecule has 0 aliphatic heterocycles. The van der Waals surface area contributed by atoms with Crippen LogP contribution in [-0.4, -0.2) is 31.6 Å². The second-order valence-corrected chi connectivity index (χ2v) is 4.95. The lowest BCUT2D eigenvalue weighted by Gasteiger charge is -2.05. The van der Waals surface area contributed by atoms with Crippen molar-refractivity contribution >= 4 is 23.5 Å². The summed E-state index contributed by atoms with van der Waals surface area (Å²) in [5.74, 6) is 1.80. The molecule has 0 unspecified atom stereocenters. The van der Waals surface area contributed by atoms with Crippen LogP contribution in [0.3, 0.4) is 0 Å². The van der Waals surface area contributed by atoms with E-state index in [1.54, 1.807) is 13.0 Å². The highest BCUT2D eigenvalue weighted by Crippen LogP contribution is 2.17. The predicted molar refractivity (Wildman–Crippen MR) is 74.2 cm³/mol. The van der Waals surface area contributed by atoms with Crippen molar-refractivity contribution in [2.45, 2.75) is 32.1 Å². The number of carbonyl (C=O) groups excluding carboxylic acids is 1. The first-order valence-electron chi connectivity index (χ1n) is 6.12. The molecule has 9 heteroatoms. The molecule has 0 saturated carbocycles. The number of anilines is 1. The van der Waals surface area contributed by atoms with Crippen LogP contribution in [0.25, 0.3) is 0 Å². The van der Waals surface area contributed by atoms with E-state index >= 15 is 0 Å². The van der Waals surface area contributed by atoms with Gasteiger partial charge in [0.2, 0.25) is 5.91 Å². The van der Waals surface area contributed by atoms with Gasteiger partial charge in [-0.2, -0.15) is 0 Å². The molecule has 108 valence electrons. The van der Waals surface area contributed by atoms with Gasteiger partial charge in [0.05, 0.1) is 12.3 Å². The van der Waals surface area contributed by atoms with Crippen molar-refractivity contribution in [2.75, 3.05) is 11.1 Å². The maximum Gasteiger partial charge on any atom is 0.236 e. The lowest BCUT2D eigenvalue weighted by Crippen LogP contribution is -2.15. The van der Waals surface area contributed by atoms with Gasteiger partial charge in [-0.3, -0.25) is 4.79 Å². The molecule has 2 aromatic rings. The average Bonchev–Trinajstić information content (AvgIpc) is 3.01. The third-order valence-electron chi connectivity index (χ3n) is 2.52. The number of rotatable bonds is 6. The normalized spacial score (nSPS) is 10.8. The molecule has 0 spiro atoms. The van der Waals surface area contributed by atoms with Gasteiger partial charge in [-0.05, 0) is 13.8 Å². The second kappa shape index (κ2) is 6.53. The summed E-state index contributed by atoms with van der Waals surface area (Å²) in [5, 5.41) is 15.0. The Hall–Kier alpha value is -1.87. The van der Waals surface area contributed by atoms with Gasteiger partial charge in [-0.15, -0.1) is 10.2 Å². The highest BCUT2D eigenvalue weighted by Gasteiger charge is 2.12.